The molecule has 40 heavy (non-hydrogen) atoms. The average Bonchev–Trinajstić information content (AvgIpc) is 3.38. The third-order valence-electron chi connectivity index (χ3n) is 7.38. The van der Waals surface area contributed by atoms with Gasteiger partial charge in [0.1, 0.15) is 11.6 Å². The van der Waals surface area contributed by atoms with Gasteiger partial charge in [-0.3, -0.25) is 4.90 Å². The molecule has 1 spiro atoms. The fourth-order valence-electron chi connectivity index (χ4n) is 5.39. The molecule has 0 radical (unpaired) electrons. The van der Waals surface area contributed by atoms with Crippen molar-refractivity contribution in [3.8, 4) is 11.3 Å². The van der Waals surface area contributed by atoms with Gasteiger partial charge in [-0.2, -0.15) is 13.2 Å². The highest BCUT2D eigenvalue weighted by Gasteiger charge is 2.47. The van der Waals surface area contributed by atoms with E-state index in [1.807, 2.05) is 47.5 Å². The van der Waals surface area contributed by atoms with Crippen LogP contribution in [0.1, 0.15) is 31.2 Å². The number of nitrogens with one attached hydrogen (secondary N) is 1. The normalized spacial score (nSPS) is 16.6. The first-order valence-corrected chi connectivity index (χ1v) is 13.0. The Hall–Kier alpha value is -3.93. The zero-order valence-corrected chi connectivity index (χ0v) is 22.0. The predicted octanol–water partition coefficient (Wildman–Crippen LogP) is 4.86. The molecule has 8 nitrogen and oxygen atoms in total. The van der Waals surface area contributed by atoms with Gasteiger partial charge in [-0.25, -0.2) is 19.0 Å². The number of urea groups is 1. The molecular weight excluding hydrogens is 530 g/mol. The van der Waals surface area contributed by atoms with E-state index < -0.39 is 12.1 Å². The Kier molecular flexibility index (Phi) is 8.77. The Morgan fingerprint density at radius 1 is 1.02 bits per heavy atom. The van der Waals surface area contributed by atoms with Crippen LogP contribution in [0.5, 0.6) is 0 Å². The second-order valence-corrected chi connectivity index (χ2v) is 9.67. The Morgan fingerprint density at radius 2 is 1.70 bits per heavy atom. The number of piperidine rings is 1. The van der Waals surface area contributed by atoms with E-state index in [4.69, 9.17) is 14.9 Å². The Bertz CT molecular complexity index is 1320. The maximum Gasteiger partial charge on any atom is 0.490 e. The molecule has 5 rings (SSSR count). The second kappa shape index (κ2) is 12.1. The number of fused-ring (bicyclic) bond motifs is 2. The Labute approximate surface area is 229 Å². The Morgan fingerprint density at radius 3 is 2.30 bits per heavy atom. The van der Waals surface area contributed by atoms with Crippen molar-refractivity contribution in [2.75, 3.05) is 26.2 Å². The molecule has 1 aromatic heterocycles. The maximum absolute atomic E-state index is 13.9. The van der Waals surface area contributed by atoms with Crippen molar-refractivity contribution < 1.29 is 32.3 Å². The lowest BCUT2D eigenvalue weighted by atomic mass is 9.83. The summed E-state index contributed by atoms with van der Waals surface area (Å²) >= 11 is 0. The van der Waals surface area contributed by atoms with Gasteiger partial charge < -0.3 is 19.9 Å². The van der Waals surface area contributed by atoms with E-state index in [1.54, 1.807) is 12.1 Å². The highest BCUT2D eigenvalue weighted by atomic mass is 19.4. The van der Waals surface area contributed by atoms with E-state index >= 15 is 0 Å². The molecule has 2 N–H and O–H groups in total. The summed E-state index contributed by atoms with van der Waals surface area (Å²) in [6.45, 7) is 6.76. The number of nitrogens with zero attached hydrogens (tertiary/aromatic N) is 4. The highest BCUT2D eigenvalue weighted by molar-refractivity contribution is 5.74. The largest absolute Gasteiger partial charge is 0.490 e. The van der Waals surface area contributed by atoms with Gasteiger partial charge >= 0.3 is 18.2 Å². The number of likely N-dealkylation sites (N-methyl/N-ethyl adjacent to an activating group) is 1. The number of halogens is 4. The zero-order valence-electron chi connectivity index (χ0n) is 22.0. The van der Waals surface area contributed by atoms with E-state index in [1.165, 1.54) is 6.07 Å². The number of likely N-dealkylation sites (tertiary alicyclic amines) is 1. The zero-order chi connectivity index (χ0) is 28.9. The molecular formula is C28H31F4N5O3. The number of alkyl halides is 3. The molecule has 12 heteroatoms. The van der Waals surface area contributed by atoms with Crippen molar-refractivity contribution in [1.82, 2.24) is 24.7 Å². The minimum absolute atomic E-state index is 0.0173. The number of aliphatic carboxylic acids is 1. The topological polar surface area (TPSA) is 90.7 Å². The van der Waals surface area contributed by atoms with Gasteiger partial charge in [-0.05, 0) is 37.1 Å². The minimum atomic E-state index is -5.08. The number of amides is 2. The lowest BCUT2D eigenvalue weighted by molar-refractivity contribution is -0.192. The Balaban J connectivity index is 0.000000470. The van der Waals surface area contributed by atoms with E-state index in [0.29, 0.717) is 19.6 Å². The maximum atomic E-state index is 13.9. The van der Waals surface area contributed by atoms with Gasteiger partial charge in [-0.1, -0.05) is 49.4 Å². The van der Waals surface area contributed by atoms with Gasteiger partial charge in [0, 0.05) is 38.3 Å². The fraction of sp³-hybridized carbons (Fsp3) is 0.393. The monoisotopic (exact) mass is 561 g/mol. The van der Waals surface area contributed by atoms with E-state index in [0.717, 1.165) is 55.1 Å². The second-order valence-electron chi connectivity index (χ2n) is 9.67. The summed E-state index contributed by atoms with van der Waals surface area (Å²) in [4.78, 5) is 31.0. The molecule has 2 aliphatic rings. The summed E-state index contributed by atoms with van der Waals surface area (Å²) in [5.41, 5.74) is 2.71. The first-order valence-electron chi connectivity index (χ1n) is 13.0. The lowest BCUT2D eigenvalue weighted by Gasteiger charge is -2.50. The molecule has 0 unspecified atom stereocenters. The third kappa shape index (κ3) is 6.27. The van der Waals surface area contributed by atoms with Crippen LogP contribution in [0.15, 0.2) is 60.8 Å². The van der Waals surface area contributed by atoms with Gasteiger partial charge in [0.05, 0.1) is 17.4 Å². The summed E-state index contributed by atoms with van der Waals surface area (Å²) in [5, 5.41) is 10.2. The van der Waals surface area contributed by atoms with Gasteiger partial charge in [0.15, 0.2) is 0 Å². The van der Waals surface area contributed by atoms with Crippen LogP contribution in [0.2, 0.25) is 0 Å². The molecule has 0 bridgehead atoms. The quantitative estimate of drug-likeness (QED) is 0.444. The molecule has 0 aliphatic carbocycles. The lowest BCUT2D eigenvalue weighted by Crippen LogP contribution is -2.59. The third-order valence-corrected chi connectivity index (χ3v) is 7.38. The molecule has 0 saturated carbocycles. The number of hydrogen-bond acceptors (Lipinski definition) is 4. The predicted molar refractivity (Wildman–Crippen MR) is 140 cm³/mol. The summed E-state index contributed by atoms with van der Waals surface area (Å²) in [6, 6.07) is 16.7. The van der Waals surface area contributed by atoms with Crippen molar-refractivity contribution in [3.63, 3.8) is 0 Å². The molecule has 3 heterocycles. The minimum Gasteiger partial charge on any atom is -0.475 e. The number of imidazole rings is 1. The van der Waals surface area contributed by atoms with Crippen molar-refractivity contribution in [1.29, 1.82) is 0 Å². The smallest absolute Gasteiger partial charge is 0.475 e. The number of carbonyl (C=O) groups excluding carboxylic acids is 1. The number of rotatable bonds is 4. The van der Waals surface area contributed by atoms with E-state index in [-0.39, 0.29) is 17.4 Å². The van der Waals surface area contributed by atoms with Crippen molar-refractivity contribution in [3.05, 3.63) is 78.0 Å². The van der Waals surface area contributed by atoms with E-state index in [2.05, 4.69) is 21.7 Å². The molecule has 2 amide bonds. The van der Waals surface area contributed by atoms with Crippen molar-refractivity contribution >= 4 is 12.0 Å². The van der Waals surface area contributed by atoms with Crippen LogP contribution in [-0.4, -0.2) is 68.8 Å². The standard InChI is InChI=1S/C26H30FN5O.C2HF3O2/c1-2-31-15-16-32-23(21-9-6-10-22(27)17-21)19-28-24(32)26(31)11-13-30(14-12-26)25(33)29-18-20-7-4-3-5-8-20;3-2(4,5)1(6)7/h3-10,17,19H,2,11-16,18H2,1H3,(H,29,33);(H,6,7). The number of carboxylic acid groups (broad SMARTS) is 1. The molecule has 1 fully saturated rings. The van der Waals surface area contributed by atoms with Crippen LogP contribution in [0, 0.1) is 5.82 Å². The van der Waals surface area contributed by atoms with Crippen molar-refractivity contribution in [2.45, 2.75) is 44.6 Å². The molecule has 214 valence electrons. The van der Waals surface area contributed by atoms with Gasteiger partial charge in [-0.15, -0.1) is 0 Å². The molecule has 3 aromatic rings. The van der Waals surface area contributed by atoms with Crippen LogP contribution in [-0.2, 0) is 23.4 Å². The highest BCUT2D eigenvalue weighted by Crippen LogP contribution is 2.42. The van der Waals surface area contributed by atoms with Crippen molar-refractivity contribution in [2.24, 2.45) is 0 Å². The summed E-state index contributed by atoms with van der Waals surface area (Å²) in [6.07, 6.45) is -1.54. The SMILES string of the molecule is CCN1CCn2c(-c3cccc(F)c3)cnc2C12CCN(C(=O)NCc1ccccc1)CC2.O=C(O)C(F)(F)F. The molecule has 2 aliphatic heterocycles. The number of aromatic nitrogens is 2. The average molecular weight is 562 g/mol. The van der Waals surface area contributed by atoms with Gasteiger partial charge in [0.25, 0.3) is 0 Å². The summed E-state index contributed by atoms with van der Waals surface area (Å²) < 4.78 is 47.9. The number of hydrogen-bond donors (Lipinski definition) is 2. The molecule has 2 aromatic carbocycles. The van der Waals surface area contributed by atoms with E-state index in [9.17, 15) is 22.4 Å². The first-order chi connectivity index (χ1) is 19.0. The van der Waals surface area contributed by atoms with Crippen LogP contribution in [0.4, 0.5) is 22.4 Å². The van der Waals surface area contributed by atoms with Gasteiger partial charge in [0.2, 0.25) is 0 Å². The number of carbonyl (C=O) groups is 2. The van der Waals surface area contributed by atoms with Crippen LogP contribution >= 0.6 is 0 Å². The molecule has 0 atom stereocenters. The number of carboxylic acids is 1. The fourth-order valence-corrected chi connectivity index (χ4v) is 5.39. The summed E-state index contributed by atoms with van der Waals surface area (Å²) in [7, 11) is 0. The first kappa shape index (κ1) is 29.1. The molecule has 1 saturated heterocycles. The summed E-state index contributed by atoms with van der Waals surface area (Å²) in [5.74, 6) is -1.95. The van der Waals surface area contributed by atoms with Crippen LogP contribution in [0.3, 0.4) is 0 Å². The number of benzene rings is 2. The van der Waals surface area contributed by atoms with Crippen LogP contribution < -0.4 is 5.32 Å². The van der Waals surface area contributed by atoms with Crippen LogP contribution in [0.25, 0.3) is 11.3 Å².